The first-order chi connectivity index (χ1) is 9.83. The van der Waals surface area contributed by atoms with E-state index in [9.17, 15) is 0 Å². The second kappa shape index (κ2) is 6.91. The lowest BCUT2D eigenvalue weighted by atomic mass is 10.0. The van der Waals surface area contributed by atoms with Gasteiger partial charge in [-0.05, 0) is 31.4 Å². The second-order valence-electron chi connectivity index (χ2n) is 5.21. The normalized spacial score (nSPS) is 18.4. The maximum atomic E-state index is 5.92. The van der Waals surface area contributed by atoms with Crippen LogP contribution >= 0.6 is 12.4 Å². The Hall–Kier alpha value is -1.59. The van der Waals surface area contributed by atoms with Gasteiger partial charge in [0.15, 0.2) is 11.6 Å². The van der Waals surface area contributed by atoms with Crippen molar-refractivity contribution >= 4 is 35.1 Å². The number of halogens is 1. The predicted molar refractivity (Wildman–Crippen MR) is 90.4 cm³/mol. The molecule has 0 amide bonds. The highest BCUT2D eigenvalue weighted by atomic mass is 35.5. The number of nitrogens with two attached hydrogens (primary N) is 1. The first-order valence-corrected chi connectivity index (χ1v) is 7.24. The number of fused-ring (bicyclic) bond motifs is 1. The van der Waals surface area contributed by atoms with Crippen molar-refractivity contribution in [1.29, 1.82) is 0 Å². The molecule has 1 aromatic heterocycles. The molecular weight excluding hydrogens is 286 g/mol. The number of nitrogens with one attached hydrogen (secondary N) is 1. The maximum Gasteiger partial charge on any atom is 0.172 e. The molecule has 5 nitrogen and oxygen atoms in total. The van der Waals surface area contributed by atoms with Crippen molar-refractivity contribution in [2.24, 2.45) is 5.73 Å². The molecule has 1 atom stereocenters. The van der Waals surface area contributed by atoms with Crippen molar-refractivity contribution in [3.63, 3.8) is 0 Å². The number of hydrogen-bond acceptors (Lipinski definition) is 5. The number of benzene rings is 1. The SMILES string of the molecule is CNc1nc2ccccc2nc1N1CCCCC1CN.Cl. The van der Waals surface area contributed by atoms with Crippen molar-refractivity contribution in [3.05, 3.63) is 24.3 Å². The highest BCUT2D eigenvalue weighted by Gasteiger charge is 2.25. The van der Waals surface area contributed by atoms with Crippen LogP contribution in [-0.2, 0) is 0 Å². The summed E-state index contributed by atoms with van der Waals surface area (Å²) in [5.74, 6) is 1.77. The van der Waals surface area contributed by atoms with Gasteiger partial charge >= 0.3 is 0 Å². The number of para-hydroxylation sites is 2. The van der Waals surface area contributed by atoms with Crippen LogP contribution < -0.4 is 16.0 Å². The fourth-order valence-electron chi connectivity index (χ4n) is 2.88. The molecule has 0 saturated carbocycles. The van der Waals surface area contributed by atoms with E-state index in [4.69, 9.17) is 10.7 Å². The third-order valence-corrected chi connectivity index (χ3v) is 3.96. The summed E-state index contributed by atoms with van der Waals surface area (Å²) in [7, 11) is 1.89. The van der Waals surface area contributed by atoms with Crippen LogP contribution in [0.2, 0.25) is 0 Å². The number of hydrogen-bond donors (Lipinski definition) is 2. The number of piperidine rings is 1. The van der Waals surface area contributed by atoms with E-state index in [-0.39, 0.29) is 12.4 Å². The fraction of sp³-hybridized carbons (Fsp3) is 0.467. The minimum Gasteiger partial charge on any atom is -0.370 e. The van der Waals surface area contributed by atoms with E-state index in [1.807, 2.05) is 31.3 Å². The van der Waals surface area contributed by atoms with Crippen LogP contribution in [0, 0.1) is 0 Å². The zero-order valence-electron chi connectivity index (χ0n) is 12.2. The Bertz CT molecular complexity index is 604. The molecule has 3 rings (SSSR count). The fourth-order valence-corrected chi connectivity index (χ4v) is 2.88. The summed E-state index contributed by atoms with van der Waals surface area (Å²) in [5, 5.41) is 3.17. The lowest BCUT2D eigenvalue weighted by Gasteiger charge is -2.36. The largest absolute Gasteiger partial charge is 0.370 e. The Labute approximate surface area is 131 Å². The average molecular weight is 308 g/mol. The van der Waals surface area contributed by atoms with Crippen LogP contribution in [0.3, 0.4) is 0 Å². The molecule has 1 aliphatic rings. The Morgan fingerprint density at radius 3 is 2.62 bits per heavy atom. The van der Waals surface area contributed by atoms with Crippen molar-refractivity contribution in [2.75, 3.05) is 30.4 Å². The predicted octanol–water partition coefficient (Wildman–Crippen LogP) is 2.41. The number of anilines is 2. The van der Waals surface area contributed by atoms with E-state index >= 15 is 0 Å². The monoisotopic (exact) mass is 307 g/mol. The molecule has 1 aliphatic heterocycles. The van der Waals surface area contributed by atoms with Gasteiger partial charge in [0.2, 0.25) is 0 Å². The minimum absolute atomic E-state index is 0. The molecule has 2 heterocycles. The van der Waals surface area contributed by atoms with E-state index in [0.717, 1.165) is 35.6 Å². The van der Waals surface area contributed by atoms with Crippen molar-refractivity contribution in [2.45, 2.75) is 25.3 Å². The molecule has 0 aliphatic carbocycles. The molecule has 114 valence electrons. The van der Waals surface area contributed by atoms with Crippen molar-refractivity contribution < 1.29 is 0 Å². The Morgan fingerprint density at radius 2 is 1.95 bits per heavy atom. The molecule has 21 heavy (non-hydrogen) atoms. The molecule has 2 aromatic rings. The van der Waals surface area contributed by atoms with Gasteiger partial charge < -0.3 is 16.0 Å². The highest BCUT2D eigenvalue weighted by molar-refractivity contribution is 5.85. The van der Waals surface area contributed by atoms with Crippen molar-refractivity contribution in [1.82, 2.24) is 9.97 Å². The summed E-state index contributed by atoms with van der Waals surface area (Å²) in [6, 6.07) is 8.35. The lowest BCUT2D eigenvalue weighted by Crippen LogP contribution is -2.45. The molecule has 0 bridgehead atoms. The lowest BCUT2D eigenvalue weighted by molar-refractivity contribution is 0.462. The summed E-state index contributed by atoms with van der Waals surface area (Å²) >= 11 is 0. The molecule has 1 fully saturated rings. The highest BCUT2D eigenvalue weighted by Crippen LogP contribution is 2.29. The second-order valence-corrected chi connectivity index (χ2v) is 5.21. The molecule has 1 aromatic carbocycles. The van der Waals surface area contributed by atoms with Crippen molar-refractivity contribution in [3.8, 4) is 0 Å². The smallest absolute Gasteiger partial charge is 0.172 e. The van der Waals surface area contributed by atoms with E-state index in [1.54, 1.807) is 0 Å². The average Bonchev–Trinajstić information content (AvgIpc) is 2.53. The summed E-state index contributed by atoms with van der Waals surface area (Å²) in [4.78, 5) is 11.8. The third kappa shape index (κ3) is 3.04. The van der Waals surface area contributed by atoms with Gasteiger partial charge in [0.05, 0.1) is 11.0 Å². The number of aromatic nitrogens is 2. The number of rotatable bonds is 3. The topological polar surface area (TPSA) is 67.1 Å². The summed E-state index contributed by atoms with van der Waals surface area (Å²) < 4.78 is 0. The van der Waals surface area contributed by atoms with Crippen LogP contribution in [-0.4, -0.2) is 36.1 Å². The quantitative estimate of drug-likeness (QED) is 0.911. The van der Waals surface area contributed by atoms with Gasteiger partial charge in [-0.2, -0.15) is 0 Å². The van der Waals surface area contributed by atoms with Gasteiger partial charge in [0.1, 0.15) is 0 Å². The van der Waals surface area contributed by atoms with Crippen LogP contribution in [0.5, 0.6) is 0 Å². The van der Waals surface area contributed by atoms with Crippen LogP contribution in [0.25, 0.3) is 11.0 Å². The van der Waals surface area contributed by atoms with E-state index in [1.165, 1.54) is 12.8 Å². The van der Waals surface area contributed by atoms with Gasteiger partial charge in [0.25, 0.3) is 0 Å². The molecule has 0 radical (unpaired) electrons. The Kier molecular flexibility index (Phi) is 5.20. The number of nitrogens with zero attached hydrogens (tertiary/aromatic N) is 3. The van der Waals surface area contributed by atoms with Gasteiger partial charge in [0, 0.05) is 26.2 Å². The Morgan fingerprint density at radius 1 is 1.24 bits per heavy atom. The molecule has 1 saturated heterocycles. The van der Waals surface area contributed by atoms with Crippen LogP contribution in [0.1, 0.15) is 19.3 Å². The molecule has 6 heteroatoms. The maximum absolute atomic E-state index is 5.92. The van der Waals surface area contributed by atoms with Gasteiger partial charge in [-0.1, -0.05) is 12.1 Å². The minimum atomic E-state index is 0. The first-order valence-electron chi connectivity index (χ1n) is 7.24. The molecule has 3 N–H and O–H groups in total. The first kappa shape index (κ1) is 15.8. The zero-order chi connectivity index (χ0) is 13.9. The Balaban J connectivity index is 0.00000161. The van der Waals surface area contributed by atoms with Gasteiger partial charge in [-0.3, -0.25) is 0 Å². The standard InChI is InChI=1S/C15H21N5.ClH/c1-17-14-15(20-9-5-4-6-11(20)10-16)19-13-8-3-2-7-12(13)18-14;/h2-3,7-8,11H,4-6,9-10,16H2,1H3,(H,17,18);1H. The van der Waals surface area contributed by atoms with Crippen LogP contribution in [0.4, 0.5) is 11.6 Å². The van der Waals surface area contributed by atoms with Gasteiger partial charge in [-0.25, -0.2) is 9.97 Å². The summed E-state index contributed by atoms with van der Waals surface area (Å²) in [6.07, 6.45) is 3.57. The zero-order valence-corrected chi connectivity index (χ0v) is 13.1. The molecule has 1 unspecified atom stereocenters. The molecule has 0 spiro atoms. The van der Waals surface area contributed by atoms with E-state index in [2.05, 4.69) is 15.2 Å². The van der Waals surface area contributed by atoms with E-state index in [0.29, 0.717) is 12.6 Å². The molecular formula is C15H22ClN5. The third-order valence-electron chi connectivity index (χ3n) is 3.96. The van der Waals surface area contributed by atoms with E-state index < -0.39 is 0 Å². The van der Waals surface area contributed by atoms with Gasteiger partial charge in [-0.15, -0.1) is 12.4 Å². The van der Waals surface area contributed by atoms with Crippen LogP contribution in [0.15, 0.2) is 24.3 Å². The summed E-state index contributed by atoms with van der Waals surface area (Å²) in [5.41, 5.74) is 7.78. The summed E-state index contributed by atoms with van der Waals surface area (Å²) in [6.45, 7) is 1.67.